The predicted molar refractivity (Wildman–Crippen MR) is 120 cm³/mol. The van der Waals surface area contributed by atoms with Crippen molar-refractivity contribution in [2.45, 2.75) is 18.2 Å². The molecule has 0 radical (unpaired) electrons. The van der Waals surface area contributed by atoms with Gasteiger partial charge in [-0.3, -0.25) is 14.9 Å². The first-order chi connectivity index (χ1) is 14.6. The van der Waals surface area contributed by atoms with E-state index in [1.807, 2.05) is 25.1 Å². The minimum Gasteiger partial charge on any atom is -0.497 e. The van der Waals surface area contributed by atoms with E-state index in [4.69, 9.17) is 4.74 Å². The van der Waals surface area contributed by atoms with Gasteiger partial charge in [-0.15, -0.1) is 22.0 Å². The van der Waals surface area contributed by atoms with Crippen LogP contribution in [0.25, 0.3) is 0 Å². The molecule has 1 heterocycles. The Bertz CT molecular complexity index is 1020. The number of hydrogen-bond acceptors (Lipinski definition) is 7. The largest absolute Gasteiger partial charge is 0.497 e. The molecular formula is C21H22N4O3S2. The zero-order valence-corrected chi connectivity index (χ0v) is 18.3. The molecule has 0 atom stereocenters. The quantitative estimate of drug-likeness (QED) is 0.489. The van der Waals surface area contributed by atoms with Gasteiger partial charge in [-0.2, -0.15) is 0 Å². The van der Waals surface area contributed by atoms with E-state index in [1.54, 1.807) is 49.2 Å². The van der Waals surface area contributed by atoms with Crippen molar-refractivity contribution in [3.63, 3.8) is 0 Å². The Morgan fingerprint density at radius 3 is 2.73 bits per heavy atom. The fraction of sp³-hybridized carbons (Fsp3) is 0.238. The van der Waals surface area contributed by atoms with E-state index in [0.29, 0.717) is 35.0 Å². The second-order valence-corrected chi connectivity index (χ2v) is 8.49. The van der Waals surface area contributed by atoms with E-state index in [0.717, 1.165) is 15.7 Å². The van der Waals surface area contributed by atoms with Crippen molar-refractivity contribution in [2.75, 3.05) is 24.7 Å². The zero-order chi connectivity index (χ0) is 21.3. The molecule has 156 valence electrons. The number of carbonyl (C=O) groups is 2. The van der Waals surface area contributed by atoms with Crippen LogP contribution in [0.2, 0.25) is 0 Å². The van der Waals surface area contributed by atoms with Crippen LogP contribution in [-0.2, 0) is 6.42 Å². The minimum atomic E-state index is -0.208. The van der Waals surface area contributed by atoms with E-state index in [2.05, 4.69) is 20.8 Å². The molecule has 2 amide bonds. The van der Waals surface area contributed by atoms with Gasteiger partial charge in [0.2, 0.25) is 5.13 Å². The van der Waals surface area contributed by atoms with Crippen LogP contribution in [0.3, 0.4) is 0 Å². The van der Waals surface area contributed by atoms with Gasteiger partial charge in [0.25, 0.3) is 11.8 Å². The van der Waals surface area contributed by atoms with Crippen molar-refractivity contribution < 1.29 is 14.3 Å². The lowest BCUT2D eigenvalue weighted by Gasteiger charge is -2.07. The summed E-state index contributed by atoms with van der Waals surface area (Å²) in [4.78, 5) is 25.7. The van der Waals surface area contributed by atoms with Crippen molar-refractivity contribution in [3.05, 3.63) is 64.7 Å². The molecule has 2 aromatic carbocycles. The molecule has 9 heteroatoms. The summed E-state index contributed by atoms with van der Waals surface area (Å²) in [5.41, 5.74) is 1.15. The zero-order valence-electron chi connectivity index (χ0n) is 16.7. The van der Waals surface area contributed by atoms with E-state index in [-0.39, 0.29) is 11.8 Å². The molecule has 0 fully saturated rings. The lowest BCUT2D eigenvalue weighted by molar-refractivity contribution is 0.0953. The number of benzene rings is 2. The van der Waals surface area contributed by atoms with Gasteiger partial charge in [-0.25, -0.2) is 0 Å². The molecule has 0 bridgehead atoms. The Kier molecular flexibility index (Phi) is 7.81. The summed E-state index contributed by atoms with van der Waals surface area (Å²) in [7, 11) is 1.56. The fourth-order valence-corrected chi connectivity index (χ4v) is 4.19. The van der Waals surface area contributed by atoms with Gasteiger partial charge in [-0.05, 0) is 36.1 Å². The molecule has 7 nitrogen and oxygen atoms in total. The van der Waals surface area contributed by atoms with Gasteiger partial charge in [0.05, 0.1) is 12.7 Å². The molecule has 30 heavy (non-hydrogen) atoms. The summed E-state index contributed by atoms with van der Waals surface area (Å²) in [5.74, 6) is 1.12. The highest BCUT2D eigenvalue weighted by Gasteiger charge is 2.14. The monoisotopic (exact) mass is 442 g/mol. The van der Waals surface area contributed by atoms with Crippen molar-refractivity contribution in [1.29, 1.82) is 0 Å². The predicted octanol–water partition coefficient (Wildman–Crippen LogP) is 3.88. The Labute approximate surface area is 183 Å². The Hall–Kier alpha value is -2.91. The maximum Gasteiger partial charge on any atom is 0.258 e. The normalized spacial score (nSPS) is 10.5. The highest BCUT2D eigenvalue weighted by molar-refractivity contribution is 7.99. The minimum absolute atomic E-state index is 0.183. The highest BCUT2D eigenvalue weighted by Crippen LogP contribution is 2.24. The van der Waals surface area contributed by atoms with Crippen LogP contribution >= 0.6 is 23.1 Å². The number of carbonyl (C=O) groups excluding carboxylic acids is 2. The standard InChI is InChI=1S/C21H22N4O3S2/c1-3-29-17-10-5-4-9-16(17)20(27)23-21-25-24-18(30-21)11-12-22-19(26)14-7-6-8-15(13-14)28-2/h4-10,13H,3,11-12H2,1-2H3,(H,22,26)(H,23,25,27). The van der Waals surface area contributed by atoms with E-state index < -0.39 is 0 Å². The molecule has 0 saturated heterocycles. The molecule has 0 aliphatic heterocycles. The number of methoxy groups -OCH3 is 1. The van der Waals surface area contributed by atoms with Crippen molar-refractivity contribution in [3.8, 4) is 5.75 Å². The molecule has 3 rings (SSSR count). The first-order valence-corrected chi connectivity index (χ1v) is 11.2. The molecule has 1 aromatic heterocycles. The first kappa shape index (κ1) is 21.8. The third-order valence-electron chi connectivity index (χ3n) is 4.08. The molecule has 0 spiro atoms. The fourth-order valence-electron chi connectivity index (χ4n) is 2.65. The van der Waals surface area contributed by atoms with Gasteiger partial charge in [0.1, 0.15) is 10.8 Å². The van der Waals surface area contributed by atoms with Crippen LogP contribution in [0, 0.1) is 0 Å². The Balaban J connectivity index is 1.53. The number of thioether (sulfide) groups is 1. The number of rotatable bonds is 9. The van der Waals surface area contributed by atoms with E-state index in [9.17, 15) is 9.59 Å². The number of ether oxygens (including phenoxy) is 1. The first-order valence-electron chi connectivity index (χ1n) is 9.38. The van der Waals surface area contributed by atoms with Crippen LogP contribution < -0.4 is 15.4 Å². The summed E-state index contributed by atoms with van der Waals surface area (Å²) < 4.78 is 5.13. The van der Waals surface area contributed by atoms with Crippen LogP contribution in [0.1, 0.15) is 32.6 Å². The molecule has 3 aromatic rings. The van der Waals surface area contributed by atoms with E-state index >= 15 is 0 Å². The Morgan fingerprint density at radius 2 is 1.93 bits per heavy atom. The van der Waals surface area contributed by atoms with Crippen LogP contribution in [0.5, 0.6) is 5.75 Å². The second kappa shape index (κ2) is 10.7. The lowest BCUT2D eigenvalue weighted by atomic mass is 10.2. The third-order valence-corrected chi connectivity index (χ3v) is 5.93. The average molecular weight is 443 g/mol. The van der Waals surface area contributed by atoms with Gasteiger partial charge in [0.15, 0.2) is 0 Å². The Morgan fingerprint density at radius 1 is 1.10 bits per heavy atom. The molecule has 0 unspecified atom stereocenters. The number of nitrogens with zero attached hydrogens (tertiary/aromatic N) is 2. The van der Waals surface area contributed by atoms with Crippen molar-refractivity contribution in [2.24, 2.45) is 0 Å². The maximum absolute atomic E-state index is 12.6. The summed E-state index contributed by atoms with van der Waals surface area (Å²) >= 11 is 2.92. The van der Waals surface area contributed by atoms with Gasteiger partial charge < -0.3 is 10.1 Å². The SMILES string of the molecule is CCSc1ccccc1C(=O)Nc1nnc(CCNC(=O)c2cccc(OC)c2)s1. The lowest BCUT2D eigenvalue weighted by Crippen LogP contribution is -2.25. The van der Waals surface area contributed by atoms with Gasteiger partial charge in [-0.1, -0.05) is 36.5 Å². The van der Waals surface area contributed by atoms with Crippen molar-refractivity contribution >= 4 is 40.0 Å². The third kappa shape index (κ3) is 5.80. The summed E-state index contributed by atoms with van der Waals surface area (Å²) in [6.45, 7) is 2.46. The van der Waals surface area contributed by atoms with Crippen LogP contribution in [-0.4, -0.2) is 41.4 Å². The number of nitrogens with one attached hydrogen (secondary N) is 2. The van der Waals surface area contributed by atoms with Crippen LogP contribution in [0.15, 0.2) is 53.4 Å². The second-order valence-electron chi connectivity index (χ2n) is 6.12. The average Bonchev–Trinajstić information content (AvgIpc) is 3.21. The smallest absolute Gasteiger partial charge is 0.258 e. The molecule has 2 N–H and O–H groups in total. The molecule has 0 aliphatic rings. The van der Waals surface area contributed by atoms with Gasteiger partial charge >= 0.3 is 0 Å². The highest BCUT2D eigenvalue weighted by atomic mass is 32.2. The van der Waals surface area contributed by atoms with Crippen LogP contribution in [0.4, 0.5) is 5.13 Å². The molecular weight excluding hydrogens is 420 g/mol. The van der Waals surface area contributed by atoms with Crippen molar-refractivity contribution in [1.82, 2.24) is 15.5 Å². The summed E-state index contributed by atoms with van der Waals surface area (Å²) in [6, 6.07) is 14.4. The number of aromatic nitrogens is 2. The topological polar surface area (TPSA) is 93.2 Å². The molecule has 0 aliphatic carbocycles. The number of anilines is 1. The number of amides is 2. The van der Waals surface area contributed by atoms with E-state index in [1.165, 1.54) is 11.3 Å². The van der Waals surface area contributed by atoms with Gasteiger partial charge in [0, 0.05) is 23.4 Å². The summed E-state index contributed by atoms with van der Waals surface area (Å²) in [5, 5.41) is 15.0. The molecule has 0 saturated carbocycles. The maximum atomic E-state index is 12.6. The number of hydrogen-bond donors (Lipinski definition) is 2. The summed E-state index contributed by atoms with van der Waals surface area (Å²) in [6.07, 6.45) is 0.519.